The first-order chi connectivity index (χ1) is 11.7. The first-order valence-electron chi connectivity index (χ1n) is 7.69. The van der Waals surface area contributed by atoms with E-state index in [1.165, 1.54) is 24.6 Å². The third-order valence-corrected chi connectivity index (χ3v) is 4.28. The van der Waals surface area contributed by atoms with E-state index in [-0.39, 0.29) is 36.1 Å². The van der Waals surface area contributed by atoms with Crippen molar-refractivity contribution >= 4 is 41.3 Å². The van der Waals surface area contributed by atoms with Crippen molar-refractivity contribution in [3.8, 4) is 0 Å². The van der Waals surface area contributed by atoms with Crippen LogP contribution in [0.15, 0.2) is 16.6 Å². The highest BCUT2D eigenvalue weighted by atomic mass is 127. The molecule has 0 radical (unpaired) electrons. The van der Waals surface area contributed by atoms with Crippen LogP contribution >= 0.6 is 35.3 Å². The van der Waals surface area contributed by atoms with Gasteiger partial charge in [-0.25, -0.2) is 4.98 Å². The van der Waals surface area contributed by atoms with Crippen molar-refractivity contribution < 1.29 is 13.2 Å². The molecule has 6 nitrogen and oxygen atoms in total. The molecule has 0 spiro atoms. The molecule has 0 unspecified atom stereocenters. The van der Waals surface area contributed by atoms with E-state index in [9.17, 15) is 13.2 Å². The number of aryl methyl sites for hydroxylation is 1. The highest BCUT2D eigenvalue weighted by Gasteiger charge is 2.36. The minimum absolute atomic E-state index is 0. The van der Waals surface area contributed by atoms with Gasteiger partial charge in [-0.15, -0.1) is 35.3 Å². The summed E-state index contributed by atoms with van der Waals surface area (Å²) in [6.07, 6.45) is -3.14. The molecule has 11 heteroatoms. The van der Waals surface area contributed by atoms with Crippen molar-refractivity contribution in [2.75, 3.05) is 7.05 Å². The highest BCUT2D eigenvalue weighted by molar-refractivity contribution is 14.0. The molecule has 2 aromatic heterocycles. The first-order valence-corrected chi connectivity index (χ1v) is 8.57. The Balaban J connectivity index is 0.00000338. The van der Waals surface area contributed by atoms with E-state index in [0.29, 0.717) is 18.4 Å². The number of nitrogens with zero attached hydrogens (tertiary/aromatic N) is 4. The average molecular weight is 502 g/mol. The minimum atomic E-state index is -4.48. The Morgan fingerprint density at radius 1 is 1.31 bits per heavy atom. The van der Waals surface area contributed by atoms with Gasteiger partial charge in [0.05, 0.1) is 12.2 Å². The third kappa shape index (κ3) is 6.11. The van der Waals surface area contributed by atoms with Crippen molar-refractivity contribution in [3.63, 3.8) is 0 Å². The zero-order chi connectivity index (χ0) is 18.6. The Bertz CT molecular complexity index is 738. The van der Waals surface area contributed by atoms with E-state index < -0.39 is 11.9 Å². The summed E-state index contributed by atoms with van der Waals surface area (Å²) < 4.78 is 40.0. The molecule has 2 aromatic rings. The van der Waals surface area contributed by atoms with Crippen LogP contribution in [0.5, 0.6) is 0 Å². The molecule has 0 aromatic carbocycles. The molecule has 146 valence electrons. The second-order valence-electron chi connectivity index (χ2n) is 5.77. The predicted molar refractivity (Wildman–Crippen MR) is 107 cm³/mol. The van der Waals surface area contributed by atoms with Crippen molar-refractivity contribution in [2.24, 2.45) is 12.0 Å². The van der Waals surface area contributed by atoms with E-state index in [1.807, 2.05) is 5.38 Å². The number of alkyl halides is 3. The van der Waals surface area contributed by atoms with Crippen LogP contribution in [0, 0.1) is 0 Å². The molecule has 26 heavy (non-hydrogen) atoms. The number of nitrogens with one attached hydrogen (secondary N) is 2. The summed E-state index contributed by atoms with van der Waals surface area (Å²) in [5.41, 5.74) is 0.198. The van der Waals surface area contributed by atoms with Crippen molar-refractivity contribution in [3.05, 3.63) is 33.5 Å². The lowest BCUT2D eigenvalue weighted by Gasteiger charge is -2.11. The summed E-state index contributed by atoms with van der Waals surface area (Å²) >= 11 is 1.54. The Hall–Kier alpha value is -1.37. The average Bonchev–Trinajstić information content (AvgIpc) is 3.13. The molecule has 0 amide bonds. The summed E-state index contributed by atoms with van der Waals surface area (Å²) in [5, 5.41) is 12.3. The van der Waals surface area contributed by atoms with E-state index in [2.05, 4.69) is 39.6 Å². The third-order valence-electron chi connectivity index (χ3n) is 3.41. The number of halogens is 4. The summed E-state index contributed by atoms with van der Waals surface area (Å²) in [4.78, 5) is 8.52. The van der Waals surface area contributed by atoms with Gasteiger partial charge in [0.15, 0.2) is 11.7 Å². The molecule has 2 N–H and O–H groups in total. The molecule has 0 bridgehead atoms. The summed E-state index contributed by atoms with van der Waals surface area (Å²) in [5.74, 6) is 0.757. The van der Waals surface area contributed by atoms with Gasteiger partial charge in [-0.3, -0.25) is 9.67 Å². The first kappa shape index (κ1) is 22.7. The van der Waals surface area contributed by atoms with Gasteiger partial charge < -0.3 is 10.6 Å². The molecule has 2 rings (SSSR count). The number of hydrogen-bond acceptors (Lipinski definition) is 4. The van der Waals surface area contributed by atoms with Crippen LogP contribution in [0.25, 0.3) is 0 Å². The zero-order valence-electron chi connectivity index (χ0n) is 14.9. The van der Waals surface area contributed by atoms with Gasteiger partial charge in [0.1, 0.15) is 5.01 Å². The molecule has 0 saturated heterocycles. The van der Waals surface area contributed by atoms with Gasteiger partial charge >= 0.3 is 6.18 Å². The Morgan fingerprint density at radius 3 is 2.50 bits per heavy atom. The van der Waals surface area contributed by atoms with Crippen molar-refractivity contribution in [2.45, 2.75) is 39.0 Å². The second kappa shape index (κ2) is 9.53. The Morgan fingerprint density at radius 2 is 1.96 bits per heavy atom. The van der Waals surface area contributed by atoms with Gasteiger partial charge in [-0.2, -0.15) is 18.3 Å². The van der Waals surface area contributed by atoms with E-state index >= 15 is 0 Å². The van der Waals surface area contributed by atoms with Crippen LogP contribution < -0.4 is 10.6 Å². The molecule has 0 fully saturated rings. The molecule has 0 aliphatic heterocycles. The topological polar surface area (TPSA) is 67.1 Å². The largest absolute Gasteiger partial charge is 0.435 e. The number of hydrogen-bond donors (Lipinski definition) is 2. The van der Waals surface area contributed by atoms with Crippen LogP contribution in [0.3, 0.4) is 0 Å². The van der Waals surface area contributed by atoms with Gasteiger partial charge in [0.25, 0.3) is 0 Å². The Kier molecular flexibility index (Phi) is 8.31. The van der Waals surface area contributed by atoms with E-state index in [1.54, 1.807) is 7.05 Å². The van der Waals surface area contributed by atoms with Crippen LogP contribution in [-0.2, 0) is 26.3 Å². The normalized spacial score (nSPS) is 12.2. The van der Waals surface area contributed by atoms with E-state index in [0.717, 1.165) is 15.4 Å². The molecule has 2 heterocycles. The molecular formula is C15H22F3IN6S. The second-order valence-corrected chi connectivity index (χ2v) is 6.72. The zero-order valence-corrected chi connectivity index (χ0v) is 18.0. The van der Waals surface area contributed by atoms with Gasteiger partial charge in [0.2, 0.25) is 0 Å². The van der Waals surface area contributed by atoms with Crippen LogP contribution in [0.1, 0.15) is 41.7 Å². The number of guanidine groups is 1. The van der Waals surface area contributed by atoms with E-state index in [4.69, 9.17) is 0 Å². The number of rotatable bonds is 5. The fourth-order valence-corrected chi connectivity index (χ4v) is 3.03. The van der Waals surface area contributed by atoms with Gasteiger partial charge in [-0.05, 0) is 5.92 Å². The van der Waals surface area contributed by atoms with Crippen LogP contribution in [-0.4, -0.2) is 27.8 Å². The van der Waals surface area contributed by atoms with Crippen LogP contribution in [0.4, 0.5) is 13.2 Å². The summed E-state index contributed by atoms with van der Waals surface area (Å²) in [6.45, 7) is 4.56. The van der Waals surface area contributed by atoms with Gasteiger partial charge in [-0.1, -0.05) is 13.8 Å². The quantitative estimate of drug-likeness (QED) is 0.373. The molecular weight excluding hydrogens is 480 g/mol. The Labute approximate surface area is 171 Å². The molecule has 0 aliphatic carbocycles. The maximum absolute atomic E-state index is 12.9. The smallest absolute Gasteiger partial charge is 0.352 e. The highest BCUT2D eigenvalue weighted by Crippen LogP contribution is 2.30. The number of thiazole rings is 1. The lowest BCUT2D eigenvalue weighted by molar-refractivity contribution is -0.142. The van der Waals surface area contributed by atoms with Gasteiger partial charge in [0, 0.05) is 37.8 Å². The van der Waals surface area contributed by atoms with Crippen molar-refractivity contribution in [1.29, 1.82) is 0 Å². The maximum Gasteiger partial charge on any atom is 0.435 e. The predicted octanol–water partition coefficient (Wildman–Crippen LogP) is 3.50. The summed E-state index contributed by atoms with van der Waals surface area (Å²) in [6, 6.07) is 0. The minimum Gasteiger partial charge on any atom is -0.352 e. The monoisotopic (exact) mass is 502 g/mol. The fourth-order valence-electron chi connectivity index (χ4n) is 2.14. The standard InChI is InChI=1S/C15H21F3N6S.HI/c1-9(2)11-8-25-12(22-11)6-21-14(19-3)20-5-10-7-24(4)23-13(10)15(16,17)18;/h7-9H,5-6H2,1-4H3,(H2,19,20,21);1H. The SMILES string of the molecule is CN=C(NCc1nc(C(C)C)cs1)NCc1cn(C)nc1C(F)(F)F.I. The fraction of sp³-hybridized carbons (Fsp3) is 0.533. The number of aliphatic imine (C=N–C) groups is 1. The summed E-state index contributed by atoms with van der Waals surface area (Å²) in [7, 11) is 3.02. The molecule has 0 saturated carbocycles. The lowest BCUT2D eigenvalue weighted by atomic mass is 10.2. The molecule has 0 atom stereocenters. The van der Waals surface area contributed by atoms with Crippen molar-refractivity contribution in [1.82, 2.24) is 25.4 Å². The maximum atomic E-state index is 12.9. The molecule has 0 aliphatic rings. The van der Waals surface area contributed by atoms with Crippen LogP contribution in [0.2, 0.25) is 0 Å². The lowest BCUT2D eigenvalue weighted by Crippen LogP contribution is -2.36. The number of aromatic nitrogens is 3.